The van der Waals surface area contributed by atoms with Crippen LogP contribution in [0.15, 0.2) is 64.7 Å². The first-order valence-corrected chi connectivity index (χ1v) is 10.9. The summed E-state index contributed by atoms with van der Waals surface area (Å²) < 4.78 is 5.64. The van der Waals surface area contributed by atoms with Gasteiger partial charge in [0.05, 0.1) is 10.5 Å². The normalized spacial score (nSPS) is 14.3. The number of halogens is 1. The number of aryl methyl sites for hydroxylation is 1. The fourth-order valence-electron chi connectivity index (χ4n) is 3.58. The number of benzene rings is 2. The summed E-state index contributed by atoms with van der Waals surface area (Å²) in [6, 6.07) is 13.7. The highest BCUT2D eigenvalue weighted by atomic mass is 35.5. The van der Waals surface area contributed by atoms with Crippen LogP contribution in [0.25, 0.3) is 17.4 Å². The molecule has 0 unspecified atom stereocenters. The standard InChI is InChI=1S/C24H19ClN4O6/c1-2-14-5-3-4-6-18(14)26-22(30)13-28-23(31)19(27-24(28)32)12-16-8-10-21(35-16)17-9-7-15(25)11-20(17)29(33)34/h3-12H,2,13H2,1H3,(H,26,30)(H,27,32)/b19-12+. The van der Waals surface area contributed by atoms with E-state index in [1.807, 2.05) is 19.1 Å². The lowest BCUT2D eigenvalue weighted by molar-refractivity contribution is -0.384. The Hall–Kier alpha value is -4.44. The minimum Gasteiger partial charge on any atom is -0.456 e. The van der Waals surface area contributed by atoms with E-state index in [0.717, 1.165) is 10.5 Å². The first-order chi connectivity index (χ1) is 16.8. The monoisotopic (exact) mass is 494 g/mol. The molecule has 0 atom stereocenters. The number of carbonyl (C=O) groups is 3. The number of amides is 4. The van der Waals surface area contributed by atoms with Crippen LogP contribution >= 0.6 is 11.6 Å². The zero-order valence-corrected chi connectivity index (χ0v) is 19.2. The number of nitro benzene ring substituents is 1. The molecule has 1 saturated heterocycles. The Balaban J connectivity index is 1.49. The molecule has 0 saturated carbocycles. The number of carbonyl (C=O) groups excluding carboxylic acids is 3. The predicted molar refractivity (Wildman–Crippen MR) is 128 cm³/mol. The van der Waals surface area contributed by atoms with Crippen LogP contribution in [-0.2, 0) is 16.0 Å². The smallest absolute Gasteiger partial charge is 0.329 e. The molecular formula is C24H19ClN4O6. The van der Waals surface area contributed by atoms with Crippen molar-refractivity contribution in [3.8, 4) is 11.3 Å². The molecule has 1 aromatic heterocycles. The molecule has 0 radical (unpaired) electrons. The van der Waals surface area contributed by atoms with E-state index < -0.39 is 29.3 Å². The molecule has 0 aliphatic carbocycles. The van der Waals surface area contributed by atoms with Gasteiger partial charge in [-0.2, -0.15) is 0 Å². The van der Waals surface area contributed by atoms with E-state index in [1.54, 1.807) is 12.1 Å². The van der Waals surface area contributed by atoms with Crippen LogP contribution in [0.1, 0.15) is 18.2 Å². The topological polar surface area (TPSA) is 135 Å². The molecule has 35 heavy (non-hydrogen) atoms. The van der Waals surface area contributed by atoms with Crippen molar-refractivity contribution in [3.05, 3.63) is 86.8 Å². The van der Waals surface area contributed by atoms with Crippen LogP contribution < -0.4 is 10.6 Å². The van der Waals surface area contributed by atoms with Crippen LogP contribution in [0, 0.1) is 10.1 Å². The lowest BCUT2D eigenvalue weighted by Crippen LogP contribution is -2.38. The molecular weight excluding hydrogens is 476 g/mol. The van der Waals surface area contributed by atoms with Gasteiger partial charge in [0, 0.05) is 22.9 Å². The third-order valence-corrected chi connectivity index (χ3v) is 5.51. The molecule has 2 N–H and O–H groups in total. The Morgan fingerprint density at radius 2 is 1.97 bits per heavy atom. The fourth-order valence-corrected chi connectivity index (χ4v) is 3.75. The Bertz CT molecular complexity index is 1380. The molecule has 1 fully saturated rings. The first kappa shape index (κ1) is 23.7. The van der Waals surface area contributed by atoms with Gasteiger partial charge in [0.25, 0.3) is 11.6 Å². The van der Waals surface area contributed by atoms with E-state index in [0.29, 0.717) is 12.1 Å². The number of hydrogen-bond donors (Lipinski definition) is 2. The van der Waals surface area contributed by atoms with E-state index in [4.69, 9.17) is 16.0 Å². The largest absolute Gasteiger partial charge is 0.456 e. The molecule has 0 bridgehead atoms. The van der Waals surface area contributed by atoms with Crippen molar-refractivity contribution in [3.63, 3.8) is 0 Å². The third-order valence-electron chi connectivity index (χ3n) is 5.27. The van der Waals surface area contributed by atoms with Crippen molar-refractivity contribution in [1.82, 2.24) is 10.2 Å². The Morgan fingerprint density at radius 3 is 2.71 bits per heavy atom. The van der Waals surface area contributed by atoms with Crippen molar-refractivity contribution in [1.29, 1.82) is 0 Å². The number of urea groups is 1. The minimum atomic E-state index is -0.750. The van der Waals surface area contributed by atoms with Crippen molar-refractivity contribution in [2.75, 3.05) is 11.9 Å². The summed E-state index contributed by atoms with van der Waals surface area (Å²) in [4.78, 5) is 49.1. The van der Waals surface area contributed by atoms with E-state index in [2.05, 4.69) is 10.6 Å². The second-order valence-corrected chi connectivity index (χ2v) is 8.00. The summed E-state index contributed by atoms with van der Waals surface area (Å²) in [5, 5.41) is 16.7. The molecule has 0 spiro atoms. The van der Waals surface area contributed by atoms with E-state index in [1.165, 1.54) is 36.4 Å². The van der Waals surface area contributed by atoms with Gasteiger partial charge in [0.1, 0.15) is 23.8 Å². The molecule has 2 aromatic carbocycles. The molecule has 11 heteroatoms. The number of anilines is 1. The number of hydrogen-bond acceptors (Lipinski definition) is 6. The van der Waals surface area contributed by atoms with Gasteiger partial charge in [-0.25, -0.2) is 9.69 Å². The molecule has 4 rings (SSSR count). The van der Waals surface area contributed by atoms with Gasteiger partial charge in [-0.1, -0.05) is 36.7 Å². The fraction of sp³-hybridized carbons (Fsp3) is 0.125. The van der Waals surface area contributed by atoms with E-state index in [9.17, 15) is 24.5 Å². The number of nitro groups is 1. The maximum Gasteiger partial charge on any atom is 0.329 e. The van der Waals surface area contributed by atoms with Gasteiger partial charge < -0.3 is 15.1 Å². The molecule has 178 valence electrons. The highest BCUT2D eigenvalue weighted by Gasteiger charge is 2.35. The SMILES string of the molecule is CCc1ccccc1NC(=O)CN1C(=O)N/C(=C/c2ccc(-c3ccc(Cl)cc3[N+](=O)[O-])o2)C1=O. The van der Waals surface area contributed by atoms with Crippen LogP contribution in [0.3, 0.4) is 0 Å². The molecule has 10 nitrogen and oxygen atoms in total. The lowest BCUT2D eigenvalue weighted by Gasteiger charge is -2.13. The number of imide groups is 1. The number of rotatable bonds is 7. The molecule has 4 amide bonds. The Kier molecular flexibility index (Phi) is 6.65. The van der Waals surface area contributed by atoms with Gasteiger partial charge in [-0.15, -0.1) is 0 Å². The van der Waals surface area contributed by atoms with Crippen LogP contribution in [0.5, 0.6) is 0 Å². The van der Waals surface area contributed by atoms with Gasteiger partial charge in [-0.05, 0) is 42.3 Å². The average molecular weight is 495 g/mol. The van der Waals surface area contributed by atoms with Crippen LogP contribution in [0.4, 0.5) is 16.2 Å². The molecule has 1 aliphatic heterocycles. The predicted octanol–water partition coefficient (Wildman–Crippen LogP) is 4.60. The maximum atomic E-state index is 12.7. The third kappa shape index (κ3) is 5.07. The Labute approximate surface area is 204 Å². The van der Waals surface area contributed by atoms with Crippen molar-refractivity contribution in [2.24, 2.45) is 0 Å². The summed E-state index contributed by atoms with van der Waals surface area (Å²) in [6.07, 6.45) is 1.99. The highest BCUT2D eigenvalue weighted by molar-refractivity contribution is 6.31. The minimum absolute atomic E-state index is 0.0942. The zero-order valence-electron chi connectivity index (χ0n) is 18.4. The quantitative estimate of drug-likeness (QED) is 0.213. The van der Waals surface area contributed by atoms with Crippen molar-refractivity contribution >= 4 is 46.9 Å². The van der Waals surface area contributed by atoms with Crippen molar-refractivity contribution < 1.29 is 23.7 Å². The number of nitrogens with one attached hydrogen (secondary N) is 2. The van der Waals surface area contributed by atoms with Gasteiger partial charge in [-0.3, -0.25) is 19.7 Å². The summed E-state index contributed by atoms with van der Waals surface area (Å²) >= 11 is 5.85. The second kappa shape index (κ2) is 9.82. The number of para-hydroxylation sites is 1. The van der Waals surface area contributed by atoms with E-state index in [-0.39, 0.29) is 33.5 Å². The van der Waals surface area contributed by atoms with Gasteiger partial charge in [0.15, 0.2) is 0 Å². The molecule has 2 heterocycles. The zero-order chi connectivity index (χ0) is 25.1. The summed E-state index contributed by atoms with van der Waals surface area (Å²) in [5.74, 6) is -0.866. The van der Waals surface area contributed by atoms with Crippen molar-refractivity contribution in [2.45, 2.75) is 13.3 Å². The lowest BCUT2D eigenvalue weighted by atomic mass is 10.1. The molecule has 3 aromatic rings. The number of furan rings is 1. The second-order valence-electron chi connectivity index (χ2n) is 7.56. The van der Waals surface area contributed by atoms with Crippen LogP contribution in [-0.4, -0.2) is 34.2 Å². The summed E-state index contributed by atoms with van der Waals surface area (Å²) in [7, 11) is 0. The molecule has 1 aliphatic rings. The highest BCUT2D eigenvalue weighted by Crippen LogP contribution is 2.33. The van der Waals surface area contributed by atoms with Gasteiger partial charge >= 0.3 is 6.03 Å². The number of nitrogens with zero attached hydrogens (tertiary/aromatic N) is 2. The maximum absolute atomic E-state index is 12.7. The van der Waals surface area contributed by atoms with E-state index >= 15 is 0 Å². The summed E-state index contributed by atoms with van der Waals surface area (Å²) in [6.45, 7) is 1.48. The van der Waals surface area contributed by atoms with Gasteiger partial charge in [0.2, 0.25) is 5.91 Å². The first-order valence-electron chi connectivity index (χ1n) is 10.5. The average Bonchev–Trinajstić information content (AvgIpc) is 3.39. The van der Waals surface area contributed by atoms with Crippen LogP contribution in [0.2, 0.25) is 5.02 Å². The summed E-state index contributed by atoms with van der Waals surface area (Å²) in [5.41, 5.74) is 1.41. The Morgan fingerprint density at radius 1 is 1.20 bits per heavy atom.